The zero-order chi connectivity index (χ0) is 12.3. The number of H-pyrrole nitrogens is 1. The summed E-state index contributed by atoms with van der Waals surface area (Å²) in [4.78, 5) is 21.1. The first-order chi connectivity index (χ1) is 8.24. The lowest BCUT2D eigenvalue weighted by atomic mass is 10.1. The van der Waals surface area contributed by atoms with Crippen LogP contribution in [0, 0.1) is 0 Å². The van der Waals surface area contributed by atoms with E-state index in [9.17, 15) is 4.79 Å². The molecule has 1 aromatic heterocycles. The predicted octanol–water partition coefficient (Wildman–Crippen LogP) is -1.38. The fraction of sp³-hybridized carbons (Fsp3) is 0.636. The smallest absolute Gasteiger partial charge is 0.254 e. The molecular formula is C11H18N4O2. The molecule has 6 heteroatoms. The third kappa shape index (κ3) is 2.71. The highest BCUT2D eigenvalue weighted by molar-refractivity contribution is 5.21. The Hall–Kier alpha value is -1.24. The van der Waals surface area contributed by atoms with Gasteiger partial charge in [-0.25, -0.2) is 4.98 Å². The fourth-order valence-corrected chi connectivity index (χ4v) is 2.13. The molecule has 0 saturated heterocycles. The van der Waals surface area contributed by atoms with Crippen molar-refractivity contribution in [2.45, 2.75) is 19.4 Å². The van der Waals surface area contributed by atoms with Gasteiger partial charge >= 0.3 is 0 Å². The minimum atomic E-state index is -0.0397. The van der Waals surface area contributed by atoms with Crippen molar-refractivity contribution in [2.75, 3.05) is 26.2 Å². The number of nitrogens with one attached hydrogen (secondary N) is 1. The molecule has 0 atom stereocenters. The minimum absolute atomic E-state index is 0.0397. The van der Waals surface area contributed by atoms with E-state index in [1.165, 1.54) is 0 Å². The molecule has 6 nitrogen and oxygen atoms in total. The van der Waals surface area contributed by atoms with Crippen LogP contribution in [0.1, 0.15) is 17.1 Å². The van der Waals surface area contributed by atoms with Crippen molar-refractivity contribution in [3.63, 3.8) is 0 Å². The molecule has 4 N–H and O–H groups in total. The second-order valence-electron chi connectivity index (χ2n) is 4.23. The van der Waals surface area contributed by atoms with E-state index >= 15 is 0 Å². The highest BCUT2D eigenvalue weighted by Gasteiger charge is 2.20. The van der Waals surface area contributed by atoms with E-state index in [2.05, 4.69) is 14.9 Å². The van der Waals surface area contributed by atoms with Gasteiger partial charge in [0.2, 0.25) is 0 Å². The molecule has 0 amide bonds. The Morgan fingerprint density at radius 2 is 2.35 bits per heavy atom. The van der Waals surface area contributed by atoms with E-state index < -0.39 is 0 Å². The van der Waals surface area contributed by atoms with Gasteiger partial charge in [-0.1, -0.05) is 0 Å². The van der Waals surface area contributed by atoms with Crippen molar-refractivity contribution < 1.29 is 5.11 Å². The zero-order valence-corrected chi connectivity index (χ0v) is 9.78. The summed E-state index contributed by atoms with van der Waals surface area (Å²) < 4.78 is 0. The zero-order valence-electron chi connectivity index (χ0n) is 9.78. The van der Waals surface area contributed by atoms with Crippen LogP contribution in [0.2, 0.25) is 0 Å². The molecule has 17 heavy (non-hydrogen) atoms. The molecule has 2 rings (SSSR count). The van der Waals surface area contributed by atoms with Gasteiger partial charge in [-0.15, -0.1) is 0 Å². The summed E-state index contributed by atoms with van der Waals surface area (Å²) in [6.07, 6.45) is 1.28. The number of rotatable bonds is 4. The Morgan fingerprint density at radius 3 is 3.06 bits per heavy atom. The number of nitrogens with two attached hydrogens (primary N) is 1. The molecule has 0 radical (unpaired) electrons. The van der Waals surface area contributed by atoms with Gasteiger partial charge in [0.15, 0.2) is 0 Å². The van der Waals surface area contributed by atoms with Crippen LogP contribution in [0.5, 0.6) is 0 Å². The topological polar surface area (TPSA) is 95.2 Å². The van der Waals surface area contributed by atoms with E-state index in [1.807, 2.05) is 0 Å². The van der Waals surface area contributed by atoms with Gasteiger partial charge in [0.25, 0.3) is 5.56 Å². The number of aliphatic hydroxyl groups is 1. The molecule has 0 spiro atoms. The third-order valence-electron chi connectivity index (χ3n) is 3.00. The molecule has 0 bridgehead atoms. The molecule has 1 aromatic rings. The van der Waals surface area contributed by atoms with Gasteiger partial charge in [0.1, 0.15) is 5.82 Å². The average Bonchev–Trinajstić information content (AvgIpc) is 2.29. The second kappa shape index (κ2) is 5.39. The van der Waals surface area contributed by atoms with Crippen molar-refractivity contribution in [1.82, 2.24) is 14.9 Å². The van der Waals surface area contributed by atoms with Crippen LogP contribution in [-0.4, -0.2) is 46.2 Å². The Balaban J connectivity index is 2.25. The summed E-state index contributed by atoms with van der Waals surface area (Å²) >= 11 is 0. The monoisotopic (exact) mass is 238 g/mol. The maximum absolute atomic E-state index is 11.8. The lowest BCUT2D eigenvalue weighted by Gasteiger charge is -2.26. The lowest BCUT2D eigenvalue weighted by molar-refractivity contribution is 0.182. The van der Waals surface area contributed by atoms with Crippen LogP contribution in [-0.2, 0) is 19.4 Å². The first kappa shape index (κ1) is 12.2. The highest BCUT2D eigenvalue weighted by atomic mass is 16.3. The summed E-state index contributed by atoms with van der Waals surface area (Å²) in [6.45, 7) is 2.67. The highest BCUT2D eigenvalue weighted by Crippen LogP contribution is 2.13. The maximum atomic E-state index is 11.8. The van der Waals surface area contributed by atoms with Gasteiger partial charge < -0.3 is 15.8 Å². The van der Waals surface area contributed by atoms with Crippen LogP contribution in [0.3, 0.4) is 0 Å². The molecular weight excluding hydrogens is 220 g/mol. The van der Waals surface area contributed by atoms with E-state index in [1.54, 1.807) is 0 Å². The summed E-state index contributed by atoms with van der Waals surface area (Å²) in [5.74, 6) is 0.655. The fourth-order valence-electron chi connectivity index (χ4n) is 2.13. The molecule has 0 unspecified atom stereocenters. The Labute approximate surface area is 99.5 Å². The molecule has 0 aromatic carbocycles. The number of aliphatic hydroxyl groups excluding tert-OH is 1. The first-order valence-corrected chi connectivity index (χ1v) is 5.89. The Bertz CT molecular complexity index is 444. The van der Waals surface area contributed by atoms with E-state index in [0.29, 0.717) is 38.3 Å². The first-order valence-electron chi connectivity index (χ1n) is 5.89. The number of hydrogen-bond donors (Lipinski definition) is 3. The summed E-state index contributed by atoms with van der Waals surface area (Å²) in [6, 6.07) is 0. The normalized spacial score (nSPS) is 15.9. The average molecular weight is 238 g/mol. The minimum Gasteiger partial charge on any atom is -0.395 e. The van der Waals surface area contributed by atoms with Crippen LogP contribution in [0.25, 0.3) is 0 Å². The van der Waals surface area contributed by atoms with Crippen LogP contribution >= 0.6 is 0 Å². The third-order valence-corrected chi connectivity index (χ3v) is 3.00. The summed E-state index contributed by atoms with van der Waals surface area (Å²) in [7, 11) is 0. The molecule has 1 aliphatic heterocycles. The molecule has 0 saturated carbocycles. The van der Waals surface area contributed by atoms with Crippen LogP contribution in [0.4, 0.5) is 0 Å². The van der Waals surface area contributed by atoms with Gasteiger partial charge in [-0.3, -0.25) is 9.69 Å². The number of aromatic amines is 1. The molecule has 2 heterocycles. The SMILES string of the molecule is NCCc1nc2c(c(=O)[nH]1)CCN(CCO)C2. The van der Waals surface area contributed by atoms with E-state index in [-0.39, 0.29) is 12.2 Å². The van der Waals surface area contributed by atoms with Crippen molar-refractivity contribution >= 4 is 0 Å². The van der Waals surface area contributed by atoms with Crippen molar-refractivity contribution in [2.24, 2.45) is 5.73 Å². The number of aromatic nitrogens is 2. The molecule has 1 aliphatic rings. The van der Waals surface area contributed by atoms with Crippen LogP contribution in [0.15, 0.2) is 4.79 Å². The summed E-state index contributed by atoms with van der Waals surface area (Å²) in [5.41, 5.74) is 7.02. The molecule has 94 valence electrons. The van der Waals surface area contributed by atoms with Gasteiger partial charge in [0.05, 0.1) is 12.3 Å². The number of β-amino-alcohol motifs (C(OH)–C–C–N with tert-alkyl or cyclic N) is 1. The van der Waals surface area contributed by atoms with E-state index in [4.69, 9.17) is 10.8 Å². The van der Waals surface area contributed by atoms with Gasteiger partial charge in [0, 0.05) is 31.6 Å². The lowest BCUT2D eigenvalue weighted by Crippen LogP contribution is -2.37. The quantitative estimate of drug-likeness (QED) is 0.601. The maximum Gasteiger partial charge on any atom is 0.254 e. The Kier molecular flexibility index (Phi) is 3.88. The molecule has 0 fully saturated rings. The second-order valence-corrected chi connectivity index (χ2v) is 4.23. The number of nitrogens with zero attached hydrogens (tertiary/aromatic N) is 2. The number of fused-ring (bicyclic) bond motifs is 1. The van der Waals surface area contributed by atoms with E-state index in [0.717, 1.165) is 17.8 Å². The van der Waals surface area contributed by atoms with Crippen molar-refractivity contribution in [3.8, 4) is 0 Å². The predicted molar refractivity (Wildman–Crippen MR) is 63.7 cm³/mol. The molecule has 0 aliphatic carbocycles. The Morgan fingerprint density at radius 1 is 1.53 bits per heavy atom. The standard InChI is InChI=1S/C11H18N4O2/c12-3-1-10-13-9-7-15(5-6-16)4-2-8(9)11(17)14-10/h16H,1-7,12H2,(H,13,14,17). The van der Waals surface area contributed by atoms with Crippen molar-refractivity contribution in [1.29, 1.82) is 0 Å². The van der Waals surface area contributed by atoms with Crippen molar-refractivity contribution in [3.05, 3.63) is 27.4 Å². The van der Waals surface area contributed by atoms with Gasteiger partial charge in [-0.05, 0) is 13.0 Å². The van der Waals surface area contributed by atoms with Gasteiger partial charge in [-0.2, -0.15) is 0 Å². The summed E-state index contributed by atoms with van der Waals surface area (Å²) in [5, 5.41) is 8.91. The largest absolute Gasteiger partial charge is 0.395 e. The number of hydrogen-bond acceptors (Lipinski definition) is 5. The van der Waals surface area contributed by atoms with Crippen LogP contribution < -0.4 is 11.3 Å².